The highest BCUT2D eigenvalue weighted by molar-refractivity contribution is 9.10. The van der Waals surface area contributed by atoms with Crippen molar-refractivity contribution in [2.75, 3.05) is 23.7 Å². The summed E-state index contributed by atoms with van der Waals surface area (Å²) in [5.74, 6) is 0. The van der Waals surface area contributed by atoms with Crippen molar-refractivity contribution >= 4 is 38.2 Å². The Bertz CT molecular complexity index is 647. The summed E-state index contributed by atoms with van der Waals surface area (Å²) in [4.78, 5) is 6.80. The van der Waals surface area contributed by atoms with Gasteiger partial charge in [-0.2, -0.15) is 0 Å². The Hall–Kier alpha value is -1.33. The number of anilines is 2. The lowest BCUT2D eigenvalue weighted by Crippen LogP contribution is -2.42. The minimum Gasteiger partial charge on any atom is -0.398 e. The molecule has 0 radical (unpaired) electrons. The monoisotopic (exact) mass is 335 g/mol. The van der Waals surface area contributed by atoms with Crippen molar-refractivity contribution in [3.63, 3.8) is 0 Å². The van der Waals surface area contributed by atoms with Gasteiger partial charge in [0, 0.05) is 34.8 Å². The molecule has 0 unspecified atom stereocenters. The van der Waals surface area contributed by atoms with Gasteiger partial charge in [0.15, 0.2) is 0 Å². The summed E-state index contributed by atoms with van der Waals surface area (Å²) in [7, 11) is 0. The molecule has 0 atom stereocenters. The van der Waals surface area contributed by atoms with E-state index in [0.717, 1.165) is 52.7 Å². The number of fused-ring (bicyclic) bond motifs is 1. The molecule has 3 N–H and O–H groups in total. The van der Waals surface area contributed by atoms with Crippen LogP contribution in [-0.4, -0.2) is 28.8 Å². The van der Waals surface area contributed by atoms with Gasteiger partial charge in [-0.3, -0.25) is 4.98 Å². The quantitative estimate of drug-likeness (QED) is 0.786. The zero-order chi connectivity index (χ0) is 14.3. The molecule has 0 amide bonds. The van der Waals surface area contributed by atoms with Gasteiger partial charge in [-0.25, -0.2) is 0 Å². The summed E-state index contributed by atoms with van der Waals surface area (Å²) in [5.41, 5.74) is 8.26. The van der Waals surface area contributed by atoms with E-state index in [2.05, 4.69) is 25.8 Å². The Labute approximate surface area is 126 Å². The summed E-state index contributed by atoms with van der Waals surface area (Å²) in [6.45, 7) is 3.58. The number of nitrogen functional groups attached to an aromatic ring is 1. The average molecular weight is 336 g/mol. The first-order chi connectivity index (χ1) is 9.46. The lowest BCUT2D eigenvalue weighted by Gasteiger charge is -2.37. The Kier molecular flexibility index (Phi) is 3.34. The average Bonchev–Trinajstić information content (AvgIpc) is 2.40. The third-order valence-electron chi connectivity index (χ3n) is 4.01. The molecule has 1 aliphatic rings. The van der Waals surface area contributed by atoms with Crippen molar-refractivity contribution in [3.05, 3.63) is 28.9 Å². The predicted octanol–water partition coefficient (Wildman–Crippen LogP) is 2.93. The lowest BCUT2D eigenvalue weighted by atomic mass is 9.93. The van der Waals surface area contributed by atoms with E-state index in [4.69, 9.17) is 5.73 Å². The third kappa shape index (κ3) is 2.47. The van der Waals surface area contributed by atoms with Crippen molar-refractivity contribution in [2.45, 2.75) is 25.4 Å². The molecule has 4 nitrogen and oxygen atoms in total. The van der Waals surface area contributed by atoms with Crippen LogP contribution in [0, 0.1) is 0 Å². The molecule has 0 saturated carbocycles. The topological polar surface area (TPSA) is 62.4 Å². The molecule has 2 heterocycles. The molecule has 3 rings (SSSR count). The molecule has 1 aromatic heterocycles. The second-order valence-corrected chi connectivity index (χ2v) is 6.62. The highest BCUT2D eigenvalue weighted by Gasteiger charge is 2.28. The molecule has 0 bridgehead atoms. The number of piperidine rings is 1. The Morgan fingerprint density at radius 3 is 2.75 bits per heavy atom. The van der Waals surface area contributed by atoms with Gasteiger partial charge >= 0.3 is 0 Å². The summed E-state index contributed by atoms with van der Waals surface area (Å²) in [6.07, 6.45) is 3.34. The molecule has 2 aromatic rings. The van der Waals surface area contributed by atoms with Crippen LogP contribution in [0.2, 0.25) is 0 Å². The van der Waals surface area contributed by atoms with Crippen molar-refractivity contribution in [1.29, 1.82) is 0 Å². The number of aromatic nitrogens is 1. The van der Waals surface area contributed by atoms with E-state index in [-0.39, 0.29) is 0 Å². The maximum atomic E-state index is 10.1. The van der Waals surface area contributed by atoms with Gasteiger partial charge in [0.05, 0.1) is 16.8 Å². The van der Waals surface area contributed by atoms with Crippen LogP contribution in [0.5, 0.6) is 0 Å². The van der Waals surface area contributed by atoms with Gasteiger partial charge in [-0.05, 0) is 53.9 Å². The Morgan fingerprint density at radius 2 is 2.05 bits per heavy atom. The van der Waals surface area contributed by atoms with E-state index in [1.54, 1.807) is 6.20 Å². The largest absolute Gasteiger partial charge is 0.398 e. The number of hydrogen-bond donors (Lipinski definition) is 2. The van der Waals surface area contributed by atoms with E-state index in [1.807, 2.05) is 25.1 Å². The summed E-state index contributed by atoms with van der Waals surface area (Å²) >= 11 is 3.44. The first kappa shape index (κ1) is 13.6. The minimum atomic E-state index is -0.545. The fourth-order valence-corrected chi connectivity index (χ4v) is 3.02. The number of pyridine rings is 1. The first-order valence-corrected chi connectivity index (χ1v) is 7.57. The molecule has 1 fully saturated rings. The van der Waals surface area contributed by atoms with E-state index in [1.165, 1.54) is 0 Å². The Morgan fingerprint density at radius 1 is 1.35 bits per heavy atom. The number of aliphatic hydroxyl groups is 1. The zero-order valence-corrected chi connectivity index (χ0v) is 13.0. The van der Waals surface area contributed by atoms with Crippen LogP contribution in [0.4, 0.5) is 11.4 Å². The van der Waals surface area contributed by atoms with Gasteiger partial charge in [0.25, 0.3) is 0 Å². The van der Waals surface area contributed by atoms with Crippen molar-refractivity contribution in [2.24, 2.45) is 0 Å². The molecule has 1 aromatic carbocycles. The number of benzene rings is 1. The fraction of sp³-hybridized carbons (Fsp3) is 0.400. The molecule has 0 spiro atoms. The SMILES string of the molecule is CC1(O)CCN(c2ccc(N)c3cc(Br)cnc23)CC1. The Balaban J connectivity index is 2.02. The molecule has 1 aliphatic heterocycles. The molecular weight excluding hydrogens is 318 g/mol. The van der Waals surface area contributed by atoms with Crippen LogP contribution in [0.25, 0.3) is 10.9 Å². The van der Waals surface area contributed by atoms with E-state index < -0.39 is 5.60 Å². The summed E-state index contributed by atoms with van der Waals surface area (Å²) < 4.78 is 0.926. The second kappa shape index (κ2) is 4.90. The minimum absolute atomic E-state index is 0.545. The van der Waals surface area contributed by atoms with Crippen molar-refractivity contribution in [1.82, 2.24) is 4.98 Å². The van der Waals surface area contributed by atoms with Crippen LogP contribution in [0.1, 0.15) is 19.8 Å². The van der Waals surface area contributed by atoms with Gasteiger partial charge in [-0.15, -0.1) is 0 Å². The molecular formula is C15H18BrN3O. The standard InChI is InChI=1S/C15H18BrN3O/c1-15(20)4-6-19(7-5-15)13-3-2-12(17)11-8-10(16)9-18-14(11)13/h2-3,8-9,20H,4-7,17H2,1H3. The van der Waals surface area contributed by atoms with Gasteiger partial charge < -0.3 is 15.7 Å². The van der Waals surface area contributed by atoms with E-state index in [0.29, 0.717) is 0 Å². The molecule has 0 aliphatic carbocycles. The normalized spacial score (nSPS) is 18.4. The van der Waals surface area contributed by atoms with Crippen LogP contribution in [-0.2, 0) is 0 Å². The second-order valence-electron chi connectivity index (χ2n) is 5.71. The highest BCUT2D eigenvalue weighted by Crippen LogP contribution is 2.33. The van der Waals surface area contributed by atoms with Crippen molar-refractivity contribution in [3.8, 4) is 0 Å². The first-order valence-electron chi connectivity index (χ1n) is 6.77. The van der Waals surface area contributed by atoms with Gasteiger partial charge in [0.2, 0.25) is 0 Å². The zero-order valence-electron chi connectivity index (χ0n) is 11.4. The number of hydrogen-bond acceptors (Lipinski definition) is 4. The lowest BCUT2D eigenvalue weighted by molar-refractivity contribution is 0.0352. The number of rotatable bonds is 1. The van der Waals surface area contributed by atoms with Gasteiger partial charge in [0.1, 0.15) is 0 Å². The highest BCUT2D eigenvalue weighted by atomic mass is 79.9. The smallest absolute Gasteiger partial charge is 0.0956 e. The van der Waals surface area contributed by atoms with E-state index >= 15 is 0 Å². The molecule has 20 heavy (non-hydrogen) atoms. The van der Waals surface area contributed by atoms with Crippen LogP contribution >= 0.6 is 15.9 Å². The fourth-order valence-electron chi connectivity index (χ4n) is 2.69. The summed E-state index contributed by atoms with van der Waals surface area (Å²) in [6, 6.07) is 5.96. The number of nitrogens with two attached hydrogens (primary N) is 1. The number of nitrogens with zero attached hydrogens (tertiary/aromatic N) is 2. The van der Waals surface area contributed by atoms with Crippen LogP contribution in [0.15, 0.2) is 28.9 Å². The van der Waals surface area contributed by atoms with Gasteiger partial charge in [-0.1, -0.05) is 0 Å². The molecule has 5 heteroatoms. The maximum absolute atomic E-state index is 10.1. The van der Waals surface area contributed by atoms with E-state index in [9.17, 15) is 5.11 Å². The third-order valence-corrected chi connectivity index (χ3v) is 4.44. The molecule has 1 saturated heterocycles. The maximum Gasteiger partial charge on any atom is 0.0956 e. The van der Waals surface area contributed by atoms with Crippen LogP contribution in [0.3, 0.4) is 0 Å². The predicted molar refractivity (Wildman–Crippen MR) is 85.9 cm³/mol. The number of halogens is 1. The molecule has 106 valence electrons. The van der Waals surface area contributed by atoms with Crippen LogP contribution < -0.4 is 10.6 Å². The summed E-state index contributed by atoms with van der Waals surface area (Å²) in [5, 5.41) is 11.0. The van der Waals surface area contributed by atoms with Crippen molar-refractivity contribution < 1.29 is 5.11 Å².